The number of esters is 1. The van der Waals surface area contributed by atoms with Crippen LogP contribution in [0.4, 0.5) is 10.2 Å². The highest BCUT2D eigenvalue weighted by Crippen LogP contribution is 2.34. The molecule has 210 valence electrons. The number of aromatic nitrogens is 4. The lowest BCUT2D eigenvalue weighted by Gasteiger charge is -2.44. The van der Waals surface area contributed by atoms with Crippen LogP contribution in [0, 0.1) is 12.8 Å². The number of ether oxygens (including phenoxy) is 1. The minimum Gasteiger partial charge on any atom is -0.467 e. The van der Waals surface area contributed by atoms with E-state index >= 15 is 0 Å². The summed E-state index contributed by atoms with van der Waals surface area (Å²) in [6.45, 7) is 8.78. The molecule has 0 bridgehead atoms. The van der Waals surface area contributed by atoms with Crippen LogP contribution in [0.2, 0.25) is 10.0 Å². The van der Waals surface area contributed by atoms with E-state index in [0.29, 0.717) is 22.0 Å². The fourth-order valence-corrected chi connectivity index (χ4v) is 6.85. The largest absolute Gasteiger partial charge is 0.467 e. The highest BCUT2D eigenvalue weighted by Gasteiger charge is 2.39. The molecule has 8 nitrogen and oxygen atoms in total. The molecule has 0 radical (unpaired) electrons. The summed E-state index contributed by atoms with van der Waals surface area (Å²) in [7, 11) is 1.24. The van der Waals surface area contributed by atoms with Gasteiger partial charge in [0, 0.05) is 41.6 Å². The van der Waals surface area contributed by atoms with E-state index in [4.69, 9.17) is 38.3 Å². The van der Waals surface area contributed by atoms with E-state index in [0.717, 1.165) is 67.1 Å². The number of likely N-dealkylation sites (tertiary alicyclic amines) is 1. The average molecular weight is 578 g/mol. The summed E-state index contributed by atoms with van der Waals surface area (Å²) >= 11 is 12.6. The number of rotatable bonds is 7. The third kappa shape index (κ3) is 5.58. The van der Waals surface area contributed by atoms with Crippen molar-refractivity contribution in [3.63, 3.8) is 0 Å². The number of aryl methyl sites for hydroxylation is 1. The number of nitrogens with zero attached hydrogens (tertiary/aromatic N) is 6. The lowest BCUT2D eigenvalue weighted by Crippen LogP contribution is -2.52. The Kier molecular flexibility index (Phi) is 8.31. The Balaban J connectivity index is 1.34. The minimum absolute atomic E-state index is 0.0627. The molecule has 1 aromatic carbocycles. The van der Waals surface area contributed by atoms with Gasteiger partial charge >= 0.3 is 5.97 Å². The summed E-state index contributed by atoms with van der Waals surface area (Å²) < 4.78 is 20.9. The van der Waals surface area contributed by atoms with Gasteiger partial charge in [0.1, 0.15) is 11.3 Å². The molecule has 2 aliphatic rings. The average Bonchev–Trinajstić information content (AvgIpc) is 3.51. The topological polar surface area (TPSA) is 76.4 Å². The first-order chi connectivity index (χ1) is 18.7. The number of hydrogen-bond donors (Lipinski definition) is 0. The molecular weight excluding hydrogens is 542 g/mol. The standard InChI is InChI=1S/C28H35Cl2FN6O2/c1-16-15-35(11-9-24(16)36-10-5-6-20(36)13-23(31)28(38)39-4)25-14-32-26-17(2)34-37(27(26)33-25)18(3)21-8-7-19(29)12-22(21)30/h7-8,12,14,16,18,20,23-24H,5-6,9-11,13,15H2,1-4H3/t16?,18-,20+,23?,24?/m1/s1. The van der Waals surface area contributed by atoms with E-state index in [1.54, 1.807) is 6.07 Å². The van der Waals surface area contributed by atoms with Crippen LogP contribution in [0.5, 0.6) is 0 Å². The van der Waals surface area contributed by atoms with Gasteiger partial charge in [-0.1, -0.05) is 36.2 Å². The van der Waals surface area contributed by atoms with Crippen LogP contribution in [0.15, 0.2) is 24.4 Å². The molecule has 5 rings (SSSR count). The second-order valence-corrected chi connectivity index (χ2v) is 11.7. The molecular formula is C28H35Cl2FN6O2. The van der Waals surface area contributed by atoms with Crippen LogP contribution in [0.25, 0.3) is 11.2 Å². The van der Waals surface area contributed by atoms with Gasteiger partial charge in [-0.15, -0.1) is 0 Å². The van der Waals surface area contributed by atoms with Crippen LogP contribution < -0.4 is 4.90 Å². The van der Waals surface area contributed by atoms with Gasteiger partial charge in [0.2, 0.25) is 0 Å². The maximum absolute atomic E-state index is 14.4. The van der Waals surface area contributed by atoms with Gasteiger partial charge in [-0.25, -0.2) is 23.8 Å². The van der Waals surface area contributed by atoms with Gasteiger partial charge in [-0.3, -0.25) is 4.90 Å². The van der Waals surface area contributed by atoms with Crippen molar-refractivity contribution < 1.29 is 13.9 Å². The lowest BCUT2D eigenvalue weighted by molar-refractivity contribution is -0.147. The van der Waals surface area contributed by atoms with Crippen molar-refractivity contribution in [1.29, 1.82) is 0 Å². The monoisotopic (exact) mass is 576 g/mol. The highest BCUT2D eigenvalue weighted by atomic mass is 35.5. The molecule has 0 saturated carbocycles. The third-order valence-electron chi connectivity index (χ3n) is 8.31. The molecule has 2 fully saturated rings. The second kappa shape index (κ2) is 11.6. The van der Waals surface area contributed by atoms with E-state index < -0.39 is 12.1 Å². The van der Waals surface area contributed by atoms with Gasteiger partial charge in [-0.2, -0.15) is 5.10 Å². The van der Waals surface area contributed by atoms with E-state index in [1.807, 2.05) is 36.9 Å². The molecule has 2 saturated heterocycles. The Bertz CT molecular complexity index is 1350. The molecule has 5 atom stereocenters. The minimum atomic E-state index is -1.57. The number of carbonyl (C=O) groups is 1. The summed E-state index contributed by atoms with van der Waals surface area (Å²) in [4.78, 5) is 26.1. The summed E-state index contributed by atoms with van der Waals surface area (Å²) in [5, 5.41) is 5.93. The van der Waals surface area contributed by atoms with Crippen molar-refractivity contribution in [2.24, 2.45) is 5.92 Å². The van der Waals surface area contributed by atoms with E-state index in [-0.39, 0.29) is 18.5 Å². The smallest absolute Gasteiger partial charge is 0.340 e. The molecule has 3 aromatic rings. The summed E-state index contributed by atoms with van der Waals surface area (Å²) in [6, 6.07) is 5.72. The van der Waals surface area contributed by atoms with Gasteiger partial charge < -0.3 is 9.64 Å². The number of anilines is 1. The molecule has 0 amide bonds. The molecule has 11 heteroatoms. The number of hydrogen-bond acceptors (Lipinski definition) is 7. The van der Waals surface area contributed by atoms with Crippen LogP contribution in [0.3, 0.4) is 0 Å². The van der Waals surface area contributed by atoms with Crippen LogP contribution in [-0.4, -0.2) is 75.6 Å². The van der Waals surface area contributed by atoms with Gasteiger partial charge in [0.05, 0.1) is 25.0 Å². The maximum atomic E-state index is 14.4. The van der Waals surface area contributed by atoms with E-state index in [9.17, 15) is 9.18 Å². The predicted octanol–water partition coefficient (Wildman–Crippen LogP) is 5.63. The third-order valence-corrected chi connectivity index (χ3v) is 8.87. The second-order valence-electron chi connectivity index (χ2n) is 10.8. The Morgan fingerprint density at radius 2 is 2.05 bits per heavy atom. The Morgan fingerprint density at radius 1 is 1.26 bits per heavy atom. The van der Waals surface area contributed by atoms with Gasteiger partial charge in [0.15, 0.2) is 11.8 Å². The lowest BCUT2D eigenvalue weighted by atomic mass is 9.91. The number of fused-ring (bicyclic) bond motifs is 1. The normalized spacial score (nSPS) is 23.8. The first-order valence-electron chi connectivity index (χ1n) is 13.6. The summed E-state index contributed by atoms with van der Waals surface area (Å²) in [5.74, 6) is 0.378. The van der Waals surface area contributed by atoms with E-state index in [1.165, 1.54) is 7.11 Å². The van der Waals surface area contributed by atoms with Crippen molar-refractivity contribution in [1.82, 2.24) is 24.6 Å². The summed E-state index contributed by atoms with van der Waals surface area (Å²) in [5.41, 5.74) is 3.21. The molecule has 0 spiro atoms. The molecule has 2 aromatic heterocycles. The zero-order valence-corrected chi connectivity index (χ0v) is 24.3. The van der Waals surface area contributed by atoms with Crippen molar-refractivity contribution in [3.05, 3.63) is 45.7 Å². The van der Waals surface area contributed by atoms with Crippen molar-refractivity contribution in [3.8, 4) is 0 Å². The number of halogens is 3. The molecule has 0 N–H and O–H groups in total. The Morgan fingerprint density at radius 3 is 2.77 bits per heavy atom. The number of carbonyl (C=O) groups excluding carboxylic acids is 1. The molecule has 0 aliphatic carbocycles. The van der Waals surface area contributed by atoms with Crippen molar-refractivity contribution >= 4 is 46.2 Å². The van der Waals surface area contributed by atoms with Crippen molar-refractivity contribution in [2.75, 3.05) is 31.6 Å². The Hall–Kier alpha value is -2.49. The quantitative estimate of drug-likeness (QED) is 0.337. The predicted molar refractivity (Wildman–Crippen MR) is 151 cm³/mol. The fourth-order valence-electron chi connectivity index (χ4n) is 6.28. The van der Waals surface area contributed by atoms with Gasteiger partial charge in [0.25, 0.3) is 0 Å². The molecule has 3 unspecified atom stereocenters. The maximum Gasteiger partial charge on any atom is 0.340 e. The zero-order valence-electron chi connectivity index (χ0n) is 22.8. The van der Waals surface area contributed by atoms with Gasteiger partial charge in [-0.05, 0) is 63.3 Å². The van der Waals surface area contributed by atoms with Crippen molar-refractivity contribution in [2.45, 2.75) is 70.8 Å². The zero-order chi connectivity index (χ0) is 27.8. The molecule has 2 aliphatic heterocycles. The Labute approximate surface area is 238 Å². The highest BCUT2D eigenvalue weighted by molar-refractivity contribution is 6.35. The first-order valence-corrected chi connectivity index (χ1v) is 14.3. The first kappa shape index (κ1) is 28.1. The van der Waals surface area contributed by atoms with Crippen LogP contribution >= 0.6 is 23.2 Å². The molecule has 4 heterocycles. The number of piperidine rings is 1. The van der Waals surface area contributed by atoms with Crippen LogP contribution in [0.1, 0.15) is 56.8 Å². The summed E-state index contributed by atoms with van der Waals surface area (Å²) in [6.07, 6.45) is 3.31. The van der Waals surface area contributed by atoms with Crippen LogP contribution in [-0.2, 0) is 9.53 Å². The fraction of sp³-hybridized carbons (Fsp3) is 0.571. The number of methoxy groups -OCH3 is 1. The number of alkyl halides is 1. The SMILES string of the molecule is COC(=O)C(F)C[C@@H]1CCCN1C1CCN(c2cnc3c(C)nn([C@H](C)c4ccc(Cl)cc4Cl)c3n2)CC1C. The number of benzene rings is 1. The molecule has 39 heavy (non-hydrogen) atoms. The van der Waals surface area contributed by atoms with E-state index in [2.05, 4.69) is 21.5 Å².